The van der Waals surface area contributed by atoms with Crippen LogP contribution >= 0.6 is 11.8 Å². The van der Waals surface area contributed by atoms with Gasteiger partial charge in [-0.1, -0.05) is 48.5 Å². The number of amides is 2. The highest BCUT2D eigenvalue weighted by atomic mass is 32.2. The number of hydrogen-bond donors (Lipinski definition) is 0. The number of carbonyl (C=O) groups excluding carboxylic acids is 2. The van der Waals surface area contributed by atoms with Gasteiger partial charge in [-0.2, -0.15) is 0 Å². The molecule has 0 N–H and O–H groups in total. The molecule has 0 saturated carbocycles. The third-order valence-corrected chi connectivity index (χ3v) is 6.43. The van der Waals surface area contributed by atoms with Crippen molar-refractivity contribution < 1.29 is 14.0 Å². The Labute approximate surface area is 185 Å². The van der Waals surface area contributed by atoms with E-state index >= 15 is 0 Å². The monoisotopic (exact) mass is 434 g/mol. The summed E-state index contributed by atoms with van der Waals surface area (Å²) in [6.07, 6.45) is 2.68. The molecule has 0 atom stereocenters. The van der Waals surface area contributed by atoms with Crippen LogP contribution in [0.25, 0.3) is 6.08 Å². The van der Waals surface area contributed by atoms with Crippen LogP contribution in [0.3, 0.4) is 0 Å². The number of benzene rings is 2. The molecule has 6 heteroatoms. The van der Waals surface area contributed by atoms with Crippen molar-refractivity contribution in [1.29, 1.82) is 0 Å². The van der Waals surface area contributed by atoms with Crippen molar-refractivity contribution in [1.82, 2.24) is 9.47 Å². The Hall–Kier alpha value is -3.12. The highest BCUT2D eigenvalue weighted by molar-refractivity contribution is 8.18. The number of halogens is 1. The van der Waals surface area contributed by atoms with E-state index in [4.69, 9.17) is 0 Å². The summed E-state index contributed by atoms with van der Waals surface area (Å²) in [7, 11) is 0. The van der Waals surface area contributed by atoms with Gasteiger partial charge in [0, 0.05) is 23.5 Å². The summed E-state index contributed by atoms with van der Waals surface area (Å²) in [5.74, 6) is -0.806. The van der Waals surface area contributed by atoms with E-state index in [0.29, 0.717) is 10.5 Å². The van der Waals surface area contributed by atoms with Crippen LogP contribution in [-0.2, 0) is 24.3 Å². The maximum Gasteiger partial charge on any atom is 0.293 e. The van der Waals surface area contributed by atoms with E-state index in [0.717, 1.165) is 46.6 Å². The normalized spacial score (nSPS) is 15.3. The van der Waals surface area contributed by atoms with Gasteiger partial charge in [0.05, 0.1) is 11.4 Å². The van der Waals surface area contributed by atoms with Crippen molar-refractivity contribution in [2.75, 3.05) is 0 Å². The van der Waals surface area contributed by atoms with Crippen molar-refractivity contribution in [3.8, 4) is 0 Å². The van der Waals surface area contributed by atoms with Gasteiger partial charge in [-0.05, 0) is 61.4 Å². The fourth-order valence-electron chi connectivity index (χ4n) is 3.78. The lowest BCUT2D eigenvalue weighted by molar-refractivity contribution is -0.123. The average Bonchev–Trinajstić information content (AvgIpc) is 3.18. The van der Waals surface area contributed by atoms with E-state index in [-0.39, 0.29) is 17.7 Å². The quantitative estimate of drug-likeness (QED) is 0.466. The second-order valence-corrected chi connectivity index (χ2v) is 8.57. The highest BCUT2D eigenvalue weighted by Crippen LogP contribution is 2.34. The van der Waals surface area contributed by atoms with Crippen molar-refractivity contribution in [3.05, 3.63) is 99.5 Å². The smallest absolute Gasteiger partial charge is 0.293 e. The molecule has 158 valence electrons. The maximum absolute atomic E-state index is 14.0. The van der Waals surface area contributed by atoms with Gasteiger partial charge in [0.25, 0.3) is 11.1 Å². The lowest BCUT2D eigenvalue weighted by Gasteiger charge is -2.12. The molecule has 3 aromatic rings. The van der Waals surface area contributed by atoms with Gasteiger partial charge in [0.2, 0.25) is 0 Å². The molecular weight excluding hydrogens is 411 g/mol. The SMILES string of the molecule is Cc1cc(/C=C2\SC(=O)N(Cc3ccccc3F)C2=O)c(C)n1CCc1ccccc1. The van der Waals surface area contributed by atoms with E-state index < -0.39 is 5.82 Å². The Bertz CT molecular complexity index is 1170. The number of carbonyl (C=O) groups is 2. The van der Waals surface area contributed by atoms with Crippen LogP contribution in [0, 0.1) is 19.7 Å². The second-order valence-electron chi connectivity index (χ2n) is 7.57. The molecule has 1 aliphatic heterocycles. The minimum Gasteiger partial charge on any atom is -0.348 e. The summed E-state index contributed by atoms with van der Waals surface area (Å²) in [6.45, 7) is 4.84. The van der Waals surface area contributed by atoms with Crippen molar-refractivity contribution in [2.45, 2.75) is 33.4 Å². The third-order valence-electron chi connectivity index (χ3n) is 5.53. The molecule has 0 radical (unpaired) electrons. The molecule has 4 nitrogen and oxygen atoms in total. The molecule has 4 rings (SSSR count). The first kappa shape index (κ1) is 21.1. The molecule has 1 saturated heterocycles. The number of aromatic nitrogens is 1. The Kier molecular flexibility index (Phi) is 6.09. The van der Waals surface area contributed by atoms with Gasteiger partial charge in [0.1, 0.15) is 5.82 Å². The van der Waals surface area contributed by atoms with E-state index in [9.17, 15) is 14.0 Å². The van der Waals surface area contributed by atoms with Crippen molar-refractivity contribution >= 4 is 29.0 Å². The first-order valence-corrected chi connectivity index (χ1v) is 10.9. The van der Waals surface area contributed by atoms with E-state index in [2.05, 4.69) is 16.7 Å². The second kappa shape index (κ2) is 8.94. The fourth-order valence-corrected chi connectivity index (χ4v) is 4.61. The summed E-state index contributed by atoms with van der Waals surface area (Å²) in [5, 5.41) is -0.377. The summed E-state index contributed by atoms with van der Waals surface area (Å²) in [5.41, 5.74) is 4.66. The maximum atomic E-state index is 14.0. The highest BCUT2D eigenvalue weighted by Gasteiger charge is 2.35. The molecule has 2 aromatic carbocycles. The molecule has 31 heavy (non-hydrogen) atoms. The Morgan fingerprint density at radius 3 is 2.45 bits per heavy atom. The van der Waals surface area contributed by atoms with Crippen LogP contribution in [0.5, 0.6) is 0 Å². The minimum atomic E-state index is -0.424. The summed E-state index contributed by atoms with van der Waals surface area (Å²) >= 11 is 0.903. The standard InChI is InChI=1S/C25H23FN2O2S/c1-17-14-21(18(2)27(17)13-12-19-8-4-3-5-9-19)15-23-24(29)28(25(30)31-23)16-20-10-6-7-11-22(20)26/h3-11,14-15H,12-13,16H2,1-2H3/b23-15-. The van der Waals surface area contributed by atoms with Gasteiger partial charge in [-0.15, -0.1) is 0 Å². The van der Waals surface area contributed by atoms with E-state index in [1.807, 2.05) is 38.1 Å². The summed E-state index contributed by atoms with van der Waals surface area (Å²) in [6, 6.07) is 18.5. The molecule has 2 heterocycles. The fraction of sp³-hybridized carbons (Fsp3) is 0.200. The number of nitrogens with zero attached hydrogens (tertiary/aromatic N) is 2. The predicted molar refractivity (Wildman–Crippen MR) is 122 cm³/mol. The van der Waals surface area contributed by atoms with Crippen molar-refractivity contribution in [3.63, 3.8) is 0 Å². The minimum absolute atomic E-state index is 0.0647. The van der Waals surface area contributed by atoms with Crippen LogP contribution in [0.2, 0.25) is 0 Å². The van der Waals surface area contributed by atoms with Crippen LogP contribution in [0.4, 0.5) is 9.18 Å². The molecule has 0 bridgehead atoms. The zero-order chi connectivity index (χ0) is 22.0. The Morgan fingerprint density at radius 1 is 1.00 bits per heavy atom. The number of rotatable bonds is 6. The van der Waals surface area contributed by atoms with Crippen molar-refractivity contribution in [2.24, 2.45) is 0 Å². The number of aryl methyl sites for hydroxylation is 2. The predicted octanol–water partition coefficient (Wildman–Crippen LogP) is 5.72. The van der Waals surface area contributed by atoms with Gasteiger partial charge in [0.15, 0.2) is 0 Å². The first-order chi connectivity index (χ1) is 14.9. The molecular formula is C25H23FN2O2S. The third kappa shape index (κ3) is 4.49. The van der Waals surface area contributed by atoms with Gasteiger partial charge < -0.3 is 4.57 Å². The summed E-state index contributed by atoms with van der Waals surface area (Å²) < 4.78 is 16.2. The molecule has 1 aromatic heterocycles. The average molecular weight is 435 g/mol. The first-order valence-electron chi connectivity index (χ1n) is 10.1. The van der Waals surface area contributed by atoms with Crippen LogP contribution in [-0.4, -0.2) is 20.6 Å². The number of imide groups is 1. The molecule has 0 spiro atoms. The Morgan fingerprint density at radius 2 is 1.71 bits per heavy atom. The molecule has 2 amide bonds. The molecule has 1 aliphatic rings. The van der Waals surface area contributed by atoms with E-state index in [1.54, 1.807) is 24.3 Å². The summed E-state index contributed by atoms with van der Waals surface area (Å²) in [4.78, 5) is 26.7. The van der Waals surface area contributed by atoms with E-state index in [1.165, 1.54) is 11.6 Å². The lowest BCUT2D eigenvalue weighted by atomic mass is 10.1. The zero-order valence-electron chi connectivity index (χ0n) is 17.5. The molecule has 1 fully saturated rings. The Balaban J connectivity index is 1.53. The molecule has 0 aliphatic carbocycles. The van der Waals surface area contributed by atoms with Gasteiger partial charge >= 0.3 is 0 Å². The number of thioether (sulfide) groups is 1. The zero-order valence-corrected chi connectivity index (χ0v) is 18.3. The van der Waals surface area contributed by atoms with Crippen LogP contribution in [0.1, 0.15) is 28.1 Å². The van der Waals surface area contributed by atoms with Gasteiger partial charge in [-0.25, -0.2) is 4.39 Å². The van der Waals surface area contributed by atoms with Crippen LogP contribution in [0.15, 0.2) is 65.6 Å². The molecule has 0 unspecified atom stereocenters. The topological polar surface area (TPSA) is 42.3 Å². The lowest BCUT2D eigenvalue weighted by Crippen LogP contribution is -2.27. The number of hydrogen-bond acceptors (Lipinski definition) is 3. The largest absolute Gasteiger partial charge is 0.348 e. The van der Waals surface area contributed by atoms with Gasteiger partial charge in [-0.3, -0.25) is 14.5 Å². The van der Waals surface area contributed by atoms with Crippen LogP contribution < -0.4 is 0 Å².